The number of fused-ring (bicyclic) bond motifs is 1. The second-order valence-electron chi connectivity index (χ2n) is 13.0. The number of urea groups is 1. The number of benzene rings is 1. The van der Waals surface area contributed by atoms with Crippen molar-refractivity contribution in [3.05, 3.63) is 45.3 Å². The van der Waals surface area contributed by atoms with E-state index in [1.165, 1.54) is 16.2 Å². The third-order valence-electron chi connectivity index (χ3n) is 9.93. The first kappa shape index (κ1) is 34.6. The smallest absolute Gasteiger partial charge is 0.420 e. The van der Waals surface area contributed by atoms with Crippen LogP contribution in [0, 0.1) is 0 Å². The molecule has 4 aliphatic rings. The molecule has 0 unspecified atom stereocenters. The van der Waals surface area contributed by atoms with Gasteiger partial charge in [0.05, 0.1) is 17.1 Å². The van der Waals surface area contributed by atoms with Gasteiger partial charge >= 0.3 is 18.3 Å². The van der Waals surface area contributed by atoms with E-state index >= 15 is 0 Å². The molecular weight excluding hydrogens is 673 g/mol. The summed E-state index contributed by atoms with van der Waals surface area (Å²) in [4.78, 5) is 49.7. The number of nitrogens with one attached hydrogen (secondary N) is 1. The van der Waals surface area contributed by atoms with Crippen molar-refractivity contribution in [1.82, 2.24) is 24.5 Å². The molecule has 4 amide bonds. The third-order valence-corrected chi connectivity index (χ3v) is 11.1. The first-order valence-corrected chi connectivity index (χ1v) is 17.5. The molecule has 1 aromatic carbocycles. The Morgan fingerprint density at radius 1 is 1.02 bits per heavy atom. The van der Waals surface area contributed by atoms with Gasteiger partial charge < -0.3 is 29.4 Å². The van der Waals surface area contributed by atoms with Crippen molar-refractivity contribution >= 4 is 46.0 Å². The van der Waals surface area contributed by atoms with Crippen molar-refractivity contribution in [3.63, 3.8) is 0 Å². The summed E-state index contributed by atoms with van der Waals surface area (Å²) in [5, 5.41) is 15.2. The minimum absolute atomic E-state index is 0.00576. The van der Waals surface area contributed by atoms with Gasteiger partial charge in [-0.25, -0.2) is 9.59 Å². The van der Waals surface area contributed by atoms with E-state index in [0.717, 1.165) is 61.7 Å². The van der Waals surface area contributed by atoms with Crippen LogP contribution in [-0.2, 0) is 28.7 Å². The topological polar surface area (TPSA) is 109 Å². The van der Waals surface area contributed by atoms with E-state index in [0.29, 0.717) is 38.5 Å². The number of rotatable bonds is 6. The van der Waals surface area contributed by atoms with Gasteiger partial charge in [-0.3, -0.25) is 15.0 Å². The maximum Gasteiger partial charge on any atom is 0.420 e. The van der Waals surface area contributed by atoms with Gasteiger partial charge in [0.15, 0.2) is 6.10 Å². The van der Waals surface area contributed by atoms with E-state index in [1.807, 2.05) is 11.4 Å². The van der Waals surface area contributed by atoms with Crippen LogP contribution in [0.15, 0.2) is 23.6 Å². The average Bonchev–Trinajstić information content (AvgIpc) is 3.52. The lowest BCUT2D eigenvalue weighted by Gasteiger charge is -2.42. The van der Waals surface area contributed by atoms with Crippen LogP contribution >= 0.6 is 22.9 Å². The maximum absolute atomic E-state index is 13.9. The van der Waals surface area contributed by atoms with Gasteiger partial charge in [0.2, 0.25) is 0 Å². The molecule has 5 heterocycles. The molecule has 0 aliphatic carbocycles. The third kappa shape index (κ3) is 7.63. The molecule has 1 aromatic heterocycles. The molecule has 0 saturated carbocycles. The van der Waals surface area contributed by atoms with Crippen LogP contribution in [0.3, 0.4) is 0 Å². The van der Waals surface area contributed by atoms with E-state index in [9.17, 15) is 32.7 Å². The lowest BCUT2D eigenvalue weighted by molar-refractivity contribution is -0.142. The van der Waals surface area contributed by atoms with Crippen LogP contribution in [0.4, 0.5) is 27.8 Å². The molecule has 2 N–H and O–H groups in total. The number of phenols is 1. The van der Waals surface area contributed by atoms with Crippen molar-refractivity contribution in [3.8, 4) is 5.75 Å². The summed E-state index contributed by atoms with van der Waals surface area (Å²) in [6, 6.07) is 3.92. The molecular formula is C32H40ClF3N6O5S. The van der Waals surface area contributed by atoms with Gasteiger partial charge in [-0.15, -0.1) is 11.3 Å². The highest BCUT2D eigenvalue weighted by atomic mass is 35.5. The van der Waals surface area contributed by atoms with Gasteiger partial charge in [-0.1, -0.05) is 11.6 Å². The Balaban J connectivity index is 1.13. The molecule has 0 spiro atoms. The Morgan fingerprint density at radius 2 is 1.67 bits per heavy atom. The number of carbonyl (C=O) groups excluding carboxylic acids is 3. The minimum Gasteiger partial charge on any atom is -0.506 e. The molecule has 3 saturated heterocycles. The van der Waals surface area contributed by atoms with Crippen LogP contribution in [0.2, 0.25) is 5.02 Å². The predicted octanol–water partition coefficient (Wildman–Crippen LogP) is 4.92. The highest BCUT2D eigenvalue weighted by molar-refractivity contribution is 7.14. The second kappa shape index (κ2) is 14.3. The molecule has 1 atom stereocenters. The standard InChI is InChI=1S/C32H40ClF3N6O5S/c1-38-11-13-39(14-12-38)22-2-7-40(8-3-22)29(44)26(18-20-16-24(32(34,35)36)27(43)25(33)17-20)47-31(46)41-9-4-23(5-10-41)42-19-21-6-15-48-28(21)37-30(42)45/h6,15-17,22-23,26,43H,2-5,7-14,18-19H2,1H3,(H,37,45)/t26-/m1/s1. The summed E-state index contributed by atoms with van der Waals surface area (Å²) < 4.78 is 46.9. The van der Waals surface area contributed by atoms with Gasteiger partial charge in [-0.2, -0.15) is 13.2 Å². The molecule has 4 aliphatic heterocycles. The van der Waals surface area contributed by atoms with E-state index in [1.54, 1.807) is 9.80 Å². The summed E-state index contributed by atoms with van der Waals surface area (Å²) in [5.74, 6) is -1.58. The van der Waals surface area contributed by atoms with Crippen LogP contribution in [0.1, 0.15) is 42.4 Å². The number of piperazine rings is 1. The number of aromatic hydroxyl groups is 1. The number of likely N-dealkylation sites (tertiary alicyclic amines) is 2. The number of halogens is 4. The summed E-state index contributed by atoms with van der Waals surface area (Å²) in [7, 11) is 2.09. The fourth-order valence-electron chi connectivity index (χ4n) is 7.07. The lowest BCUT2D eigenvalue weighted by atomic mass is 9.99. The number of phenolic OH excluding ortho intramolecular Hbond substituents is 1. The van der Waals surface area contributed by atoms with E-state index < -0.39 is 40.6 Å². The fraction of sp³-hybridized carbons (Fsp3) is 0.594. The fourth-order valence-corrected chi connectivity index (χ4v) is 8.11. The van der Waals surface area contributed by atoms with E-state index in [4.69, 9.17) is 16.3 Å². The Hall–Kier alpha value is -3.27. The average molecular weight is 713 g/mol. The predicted molar refractivity (Wildman–Crippen MR) is 174 cm³/mol. The Kier molecular flexibility index (Phi) is 10.3. The van der Waals surface area contributed by atoms with Gasteiger partial charge in [0.25, 0.3) is 5.91 Å². The highest BCUT2D eigenvalue weighted by Gasteiger charge is 2.39. The number of hydrogen-bond donors (Lipinski definition) is 2. The maximum atomic E-state index is 13.9. The van der Waals surface area contributed by atoms with Crippen LogP contribution < -0.4 is 5.32 Å². The zero-order valence-corrected chi connectivity index (χ0v) is 28.2. The Bertz CT molecular complexity index is 1500. The highest BCUT2D eigenvalue weighted by Crippen LogP contribution is 2.41. The molecule has 6 rings (SSSR count). The summed E-state index contributed by atoms with van der Waals surface area (Å²) in [5.41, 5.74) is -0.279. The number of alkyl halides is 3. The number of hydrogen-bond acceptors (Lipinski definition) is 8. The number of piperidine rings is 2. The number of ether oxygens (including phenoxy) is 1. The number of amides is 4. The number of likely N-dealkylation sites (N-methyl/N-ethyl adjacent to an activating group) is 1. The summed E-state index contributed by atoms with van der Waals surface area (Å²) >= 11 is 7.44. The zero-order chi connectivity index (χ0) is 34.2. The van der Waals surface area contributed by atoms with Gasteiger partial charge in [0.1, 0.15) is 10.8 Å². The van der Waals surface area contributed by atoms with Crippen molar-refractivity contribution in [2.75, 3.05) is 64.7 Å². The van der Waals surface area contributed by atoms with E-state index in [-0.39, 0.29) is 37.1 Å². The molecule has 2 aromatic rings. The van der Waals surface area contributed by atoms with Crippen molar-refractivity contribution in [1.29, 1.82) is 0 Å². The van der Waals surface area contributed by atoms with Crippen molar-refractivity contribution in [2.24, 2.45) is 0 Å². The Labute approximate surface area is 286 Å². The second-order valence-corrected chi connectivity index (χ2v) is 14.3. The number of anilines is 1. The molecule has 3 fully saturated rings. The Morgan fingerprint density at radius 3 is 2.33 bits per heavy atom. The molecule has 11 nitrogen and oxygen atoms in total. The van der Waals surface area contributed by atoms with Crippen LogP contribution in [0.5, 0.6) is 5.75 Å². The van der Waals surface area contributed by atoms with Crippen molar-refractivity contribution < 1.29 is 37.4 Å². The van der Waals surface area contributed by atoms with Crippen LogP contribution in [-0.4, -0.2) is 125 Å². The first-order chi connectivity index (χ1) is 22.9. The molecule has 0 bridgehead atoms. The normalized spacial score (nSPS) is 21.2. The largest absolute Gasteiger partial charge is 0.506 e. The van der Waals surface area contributed by atoms with Crippen LogP contribution in [0.25, 0.3) is 0 Å². The van der Waals surface area contributed by atoms with Gasteiger partial charge in [0, 0.05) is 76.4 Å². The lowest BCUT2D eigenvalue weighted by Crippen LogP contribution is -2.54. The molecule has 262 valence electrons. The molecule has 48 heavy (non-hydrogen) atoms. The molecule has 0 radical (unpaired) electrons. The number of carbonyl (C=O) groups is 3. The quantitative estimate of drug-likeness (QED) is 0.438. The SMILES string of the molecule is CN1CCN(C2CCN(C(=O)[C@@H](Cc3cc(Cl)c(O)c(C(F)(F)F)c3)OC(=O)N3CCC(N4Cc5ccsc5NC4=O)CC3)CC2)CC1. The minimum atomic E-state index is -4.88. The number of nitrogens with zero attached hydrogens (tertiary/aromatic N) is 5. The molecule has 16 heteroatoms. The van der Waals surface area contributed by atoms with Gasteiger partial charge in [-0.05, 0) is 61.9 Å². The zero-order valence-electron chi connectivity index (χ0n) is 26.7. The summed E-state index contributed by atoms with van der Waals surface area (Å²) in [6.07, 6.45) is -4.89. The number of thiophene rings is 1. The van der Waals surface area contributed by atoms with Crippen molar-refractivity contribution in [2.45, 2.75) is 63.0 Å². The summed E-state index contributed by atoms with van der Waals surface area (Å²) in [6.45, 7) is 5.77. The monoisotopic (exact) mass is 712 g/mol. The first-order valence-electron chi connectivity index (χ1n) is 16.3. The van der Waals surface area contributed by atoms with E-state index in [2.05, 4.69) is 22.2 Å².